The van der Waals surface area contributed by atoms with Gasteiger partial charge in [0.25, 0.3) is 0 Å². The number of rotatable bonds is 2. The minimum absolute atomic E-state index is 0.257. The van der Waals surface area contributed by atoms with E-state index in [0.717, 1.165) is 4.78 Å². The maximum absolute atomic E-state index is 6.16. The first-order chi connectivity index (χ1) is 9.71. The molecule has 0 amide bonds. The van der Waals surface area contributed by atoms with Gasteiger partial charge in [-0.25, -0.2) is 0 Å². The first-order valence-corrected chi connectivity index (χ1v) is 8.91. The lowest BCUT2D eigenvalue weighted by Crippen LogP contribution is -2.41. The Labute approximate surface area is 135 Å². The van der Waals surface area contributed by atoms with E-state index >= 15 is 0 Å². The molecule has 3 heterocycles. The highest BCUT2D eigenvalue weighted by Gasteiger charge is 2.52. The van der Waals surface area contributed by atoms with Gasteiger partial charge in [0.1, 0.15) is 0 Å². The summed E-state index contributed by atoms with van der Waals surface area (Å²) in [6.07, 6.45) is 0. The van der Waals surface area contributed by atoms with Crippen molar-refractivity contribution in [2.75, 3.05) is 0 Å². The molecule has 0 bridgehead atoms. The smallest absolute Gasteiger partial charge is 0.399 e. The van der Waals surface area contributed by atoms with E-state index < -0.39 is 0 Å². The van der Waals surface area contributed by atoms with Crippen LogP contribution in [0.15, 0.2) is 17.5 Å². The van der Waals surface area contributed by atoms with Crippen LogP contribution in [0.1, 0.15) is 38.8 Å². The molecule has 0 unspecified atom stereocenters. The zero-order valence-corrected chi connectivity index (χ0v) is 15.1. The van der Waals surface area contributed by atoms with E-state index in [1.54, 1.807) is 22.7 Å². The summed E-state index contributed by atoms with van der Waals surface area (Å²) in [4.78, 5) is 2.70. The SMILES string of the molecule is Cc1ccsc1-c1sc(B2OC(C)(C)C(C)(C)O2)cc1C. The van der Waals surface area contributed by atoms with Crippen LogP contribution in [0.4, 0.5) is 0 Å². The fourth-order valence-corrected chi connectivity index (χ4v) is 4.75. The van der Waals surface area contributed by atoms with Gasteiger partial charge in [0, 0.05) is 14.5 Å². The van der Waals surface area contributed by atoms with Crippen molar-refractivity contribution in [3.8, 4) is 9.75 Å². The Morgan fingerprint density at radius 2 is 1.57 bits per heavy atom. The molecule has 0 atom stereocenters. The van der Waals surface area contributed by atoms with Crippen molar-refractivity contribution in [3.05, 3.63) is 28.6 Å². The van der Waals surface area contributed by atoms with Gasteiger partial charge in [-0.2, -0.15) is 0 Å². The molecule has 1 aliphatic rings. The van der Waals surface area contributed by atoms with Gasteiger partial charge in [-0.05, 0) is 70.2 Å². The van der Waals surface area contributed by atoms with Gasteiger partial charge in [0.2, 0.25) is 0 Å². The second-order valence-electron chi connectivity index (χ2n) is 6.68. The number of aryl methyl sites for hydroxylation is 2. The molecule has 0 N–H and O–H groups in total. The lowest BCUT2D eigenvalue weighted by Gasteiger charge is -2.32. The average molecular weight is 320 g/mol. The third-order valence-electron chi connectivity index (χ3n) is 4.49. The lowest BCUT2D eigenvalue weighted by molar-refractivity contribution is 0.00578. The summed E-state index contributed by atoms with van der Waals surface area (Å²) >= 11 is 3.59. The van der Waals surface area contributed by atoms with E-state index in [1.807, 2.05) is 0 Å². The van der Waals surface area contributed by atoms with Crippen LogP contribution in [-0.4, -0.2) is 18.3 Å². The van der Waals surface area contributed by atoms with Crippen LogP contribution in [0.3, 0.4) is 0 Å². The molecule has 0 aliphatic carbocycles. The maximum Gasteiger partial charge on any atom is 0.505 e. The Morgan fingerprint density at radius 1 is 0.952 bits per heavy atom. The molecule has 0 saturated carbocycles. The third kappa shape index (κ3) is 2.50. The van der Waals surface area contributed by atoms with Gasteiger partial charge in [0.15, 0.2) is 0 Å². The number of hydrogen-bond acceptors (Lipinski definition) is 4. The Balaban J connectivity index is 1.95. The first kappa shape index (κ1) is 15.3. The monoisotopic (exact) mass is 320 g/mol. The molecule has 2 aromatic heterocycles. The predicted molar refractivity (Wildman–Crippen MR) is 92.8 cm³/mol. The van der Waals surface area contributed by atoms with Gasteiger partial charge >= 0.3 is 7.12 Å². The zero-order valence-electron chi connectivity index (χ0n) is 13.4. The molecule has 0 spiro atoms. The molecule has 1 aliphatic heterocycles. The van der Waals surface area contributed by atoms with E-state index in [0.29, 0.717) is 0 Å². The predicted octanol–water partition coefficient (Wildman–Crippen LogP) is 4.39. The second-order valence-corrected chi connectivity index (χ2v) is 8.68. The van der Waals surface area contributed by atoms with Crippen molar-refractivity contribution in [2.45, 2.75) is 52.7 Å². The summed E-state index contributed by atoms with van der Waals surface area (Å²) in [5, 5.41) is 2.15. The Bertz CT molecular complexity index is 654. The van der Waals surface area contributed by atoms with Crippen molar-refractivity contribution in [2.24, 2.45) is 0 Å². The van der Waals surface area contributed by atoms with Crippen LogP contribution in [0, 0.1) is 13.8 Å². The molecule has 3 rings (SSSR count). The van der Waals surface area contributed by atoms with E-state index in [2.05, 4.69) is 59.1 Å². The molecule has 21 heavy (non-hydrogen) atoms. The molecule has 1 saturated heterocycles. The first-order valence-electron chi connectivity index (χ1n) is 7.22. The highest BCUT2D eigenvalue weighted by atomic mass is 32.1. The molecule has 112 valence electrons. The van der Waals surface area contributed by atoms with E-state index in [-0.39, 0.29) is 18.3 Å². The van der Waals surface area contributed by atoms with Crippen molar-refractivity contribution >= 4 is 34.6 Å². The second kappa shape index (κ2) is 4.95. The van der Waals surface area contributed by atoms with Crippen LogP contribution in [-0.2, 0) is 9.31 Å². The summed E-state index contributed by atoms with van der Waals surface area (Å²) < 4.78 is 13.5. The minimum Gasteiger partial charge on any atom is -0.399 e. The van der Waals surface area contributed by atoms with Crippen LogP contribution >= 0.6 is 22.7 Å². The highest BCUT2D eigenvalue weighted by Crippen LogP contribution is 2.39. The normalized spacial score (nSPS) is 20.2. The van der Waals surface area contributed by atoms with Gasteiger partial charge in [-0.3, -0.25) is 0 Å². The fourth-order valence-electron chi connectivity index (χ4n) is 2.41. The van der Waals surface area contributed by atoms with Crippen molar-refractivity contribution < 1.29 is 9.31 Å². The molecular formula is C16H21BO2S2. The Hall–Kier alpha value is -0.615. The van der Waals surface area contributed by atoms with Crippen LogP contribution in [0.25, 0.3) is 9.75 Å². The number of hydrogen-bond donors (Lipinski definition) is 0. The van der Waals surface area contributed by atoms with E-state index in [1.165, 1.54) is 20.9 Å². The Morgan fingerprint density at radius 3 is 2.10 bits per heavy atom. The quantitative estimate of drug-likeness (QED) is 0.764. The van der Waals surface area contributed by atoms with Crippen molar-refractivity contribution in [3.63, 3.8) is 0 Å². The molecule has 0 aromatic carbocycles. The Kier molecular flexibility index (Phi) is 3.60. The highest BCUT2D eigenvalue weighted by molar-refractivity contribution is 7.28. The van der Waals surface area contributed by atoms with E-state index in [9.17, 15) is 0 Å². The van der Waals surface area contributed by atoms with Gasteiger partial charge < -0.3 is 9.31 Å². The summed E-state index contributed by atoms with van der Waals surface area (Å²) in [5.41, 5.74) is 2.07. The standard InChI is InChI=1S/C16H21BO2S2/c1-10-7-8-20-13(10)14-11(2)9-12(21-14)17-18-15(3,4)16(5,6)19-17/h7-9H,1-6H3. The van der Waals surface area contributed by atoms with Crippen LogP contribution in [0.2, 0.25) is 0 Å². The topological polar surface area (TPSA) is 18.5 Å². The zero-order chi connectivity index (χ0) is 15.4. The molecular weight excluding hydrogens is 299 g/mol. The largest absolute Gasteiger partial charge is 0.505 e. The summed E-state index contributed by atoms with van der Waals surface area (Å²) in [7, 11) is -0.257. The van der Waals surface area contributed by atoms with Gasteiger partial charge in [0.05, 0.1) is 11.2 Å². The minimum atomic E-state index is -0.283. The lowest BCUT2D eigenvalue weighted by atomic mass is 9.87. The molecule has 2 nitrogen and oxygen atoms in total. The number of thiophene rings is 2. The van der Waals surface area contributed by atoms with Crippen LogP contribution < -0.4 is 4.78 Å². The van der Waals surface area contributed by atoms with E-state index in [4.69, 9.17) is 9.31 Å². The summed E-state index contributed by atoms with van der Waals surface area (Å²) in [6, 6.07) is 4.38. The van der Waals surface area contributed by atoms with Crippen molar-refractivity contribution in [1.82, 2.24) is 0 Å². The van der Waals surface area contributed by atoms with Gasteiger partial charge in [-0.1, -0.05) is 0 Å². The fraction of sp³-hybridized carbons (Fsp3) is 0.500. The van der Waals surface area contributed by atoms with Crippen LogP contribution in [0.5, 0.6) is 0 Å². The van der Waals surface area contributed by atoms with Gasteiger partial charge in [-0.15, -0.1) is 22.7 Å². The average Bonchev–Trinajstić information content (AvgIpc) is 2.98. The molecule has 0 radical (unpaired) electrons. The van der Waals surface area contributed by atoms with Crippen molar-refractivity contribution in [1.29, 1.82) is 0 Å². The summed E-state index contributed by atoms with van der Waals surface area (Å²) in [5.74, 6) is 0. The molecule has 2 aromatic rings. The summed E-state index contributed by atoms with van der Waals surface area (Å²) in [6.45, 7) is 12.7. The maximum atomic E-state index is 6.16. The molecule has 1 fully saturated rings. The third-order valence-corrected chi connectivity index (χ3v) is 6.93. The molecule has 5 heteroatoms.